The number of nitrogens with zero attached hydrogens (tertiary/aromatic N) is 6. The minimum absolute atomic E-state index is 0.0208. The molecule has 2 N–H and O–H groups in total. The molecule has 0 aliphatic carbocycles. The number of anilines is 1. The highest BCUT2D eigenvalue weighted by atomic mass is 16.3. The topological polar surface area (TPSA) is 102 Å². The number of aliphatic hydroxyl groups is 1. The lowest BCUT2D eigenvalue weighted by atomic mass is 10.3. The van der Waals surface area contributed by atoms with Crippen molar-refractivity contribution in [2.24, 2.45) is 0 Å². The third-order valence-electron chi connectivity index (χ3n) is 3.89. The van der Waals surface area contributed by atoms with Crippen LogP contribution in [0.5, 0.6) is 0 Å². The van der Waals surface area contributed by atoms with Crippen LogP contribution in [-0.4, -0.2) is 47.7 Å². The highest BCUT2D eigenvalue weighted by Crippen LogP contribution is 2.26. The van der Waals surface area contributed by atoms with E-state index in [0.29, 0.717) is 18.3 Å². The summed E-state index contributed by atoms with van der Waals surface area (Å²) in [7, 11) is 0. The van der Waals surface area contributed by atoms with Crippen LogP contribution in [0.15, 0.2) is 49.2 Å². The molecule has 4 aromatic heterocycles. The quantitative estimate of drug-likeness (QED) is 0.569. The molecule has 0 amide bonds. The first kappa shape index (κ1) is 16.1. The molecule has 0 atom stereocenters. The molecule has 0 aliphatic heterocycles. The molecule has 8 heteroatoms. The molecule has 26 heavy (non-hydrogen) atoms. The molecule has 130 valence electrons. The van der Waals surface area contributed by atoms with E-state index in [1.807, 2.05) is 35.9 Å². The Balaban J connectivity index is 1.84. The van der Waals surface area contributed by atoms with Crippen molar-refractivity contribution in [3.05, 3.63) is 54.7 Å². The average Bonchev–Trinajstić information content (AvgIpc) is 3.07. The first-order valence-corrected chi connectivity index (χ1v) is 8.19. The van der Waals surface area contributed by atoms with Crippen molar-refractivity contribution in [1.29, 1.82) is 0 Å². The van der Waals surface area contributed by atoms with Gasteiger partial charge in [-0.05, 0) is 24.6 Å². The van der Waals surface area contributed by atoms with Crippen molar-refractivity contribution in [2.45, 2.75) is 6.92 Å². The number of imidazole rings is 1. The van der Waals surface area contributed by atoms with Gasteiger partial charge < -0.3 is 10.4 Å². The van der Waals surface area contributed by atoms with Crippen LogP contribution in [-0.2, 0) is 0 Å². The van der Waals surface area contributed by atoms with Crippen LogP contribution in [0, 0.1) is 6.92 Å². The zero-order chi connectivity index (χ0) is 17.9. The van der Waals surface area contributed by atoms with Crippen LogP contribution < -0.4 is 5.32 Å². The van der Waals surface area contributed by atoms with E-state index in [4.69, 9.17) is 10.1 Å². The Kier molecular flexibility index (Phi) is 4.24. The van der Waals surface area contributed by atoms with Crippen LogP contribution in [0.2, 0.25) is 0 Å². The van der Waals surface area contributed by atoms with Gasteiger partial charge in [-0.3, -0.25) is 9.55 Å². The molecule has 4 heterocycles. The maximum Gasteiger partial charge on any atom is 0.222 e. The maximum atomic E-state index is 8.88. The van der Waals surface area contributed by atoms with Gasteiger partial charge in [-0.1, -0.05) is 6.07 Å². The second-order valence-electron chi connectivity index (χ2n) is 5.77. The van der Waals surface area contributed by atoms with Crippen molar-refractivity contribution >= 4 is 17.0 Å². The number of aliphatic hydroxyl groups excluding tert-OH is 1. The highest BCUT2D eigenvalue weighted by molar-refractivity contribution is 5.81. The summed E-state index contributed by atoms with van der Waals surface area (Å²) in [4.78, 5) is 22.0. The van der Waals surface area contributed by atoms with Crippen LogP contribution in [0.1, 0.15) is 5.56 Å². The van der Waals surface area contributed by atoms with E-state index in [2.05, 4.69) is 25.3 Å². The summed E-state index contributed by atoms with van der Waals surface area (Å²) in [5.41, 5.74) is 3.53. The summed E-state index contributed by atoms with van der Waals surface area (Å²) in [6.07, 6.45) is 8.70. The van der Waals surface area contributed by atoms with E-state index >= 15 is 0 Å². The first-order chi connectivity index (χ1) is 12.8. The van der Waals surface area contributed by atoms with E-state index in [0.717, 1.165) is 28.0 Å². The molecule has 0 aliphatic rings. The van der Waals surface area contributed by atoms with E-state index < -0.39 is 0 Å². The van der Waals surface area contributed by atoms with Gasteiger partial charge in [0.2, 0.25) is 5.95 Å². The lowest BCUT2D eigenvalue weighted by molar-refractivity contribution is 0.311. The summed E-state index contributed by atoms with van der Waals surface area (Å²) in [6.45, 7) is 2.42. The van der Waals surface area contributed by atoms with Gasteiger partial charge in [0.15, 0.2) is 0 Å². The second-order valence-corrected chi connectivity index (χ2v) is 5.77. The smallest absolute Gasteiger partial charge is 0.222 e. The first-order valence-electron chi connectivity index (χ1n) is 8.19. The van der Waals surface area contributed by atoms with Crippen molar-refractivity contribution in [3.8, 4) is 17.2 Å². The molecule has 0 fully saturated rings. The summed E-state index contributed by atoms with van der Waals surface area (Å²) in [5.74, 6) is 1.90. The number of fused-ring (bicyclic) bond motifs is 1. The second kappa shape index (κ2) is 6.85. The van der Waals surface area contributed by atoms with E-state index in [-0.39, 0.29) is 6.61 Å². The van der Waals surface area contributed by atoms with E-state index in [1.165, 1.54) is 0 Å². The fourth-order valence-corrected chi connectivity index (χ4v) is 2.64. The van der Waals surface area contributed by atoms with Gasteiger partial charge >= 0.3 is 0 Å². The molecule has 4 rings (SSSR count). The van der Waals surface area contributed by atoms with Crippen molar-refractivity contribution < 1.29 is 5.11 Å². The van der Waals surface area contributed by atoms with E-state index in [9.17, 15) is 0 Å². The van der Waals surface area contributed by atoms with Gasteiger partial charge in [-0.15, -0.1) is 0 Å². The Morgan fingerprint density at radius 1 is 1.04 bits per heavy atom. The molecule has 4 aromatic rings. The van der Waals surface area contributed by atoms with Crippen LogP contribution >= 0.6 is 0 Å². The molecule has 0 saturated heterocycles. The number of hydrogen-bond donors (Lipinski definition) is 2. The minimum atomic E-state index is 0.0208. The van der Waals surface area contributed by atoms with Crippen LogP contribution in [0.25, 0.3) is 28.2 Å². The largest absolute Gasteiger partial charge is 0.395 e. The maximum absolute atomic E-state index is 8.88. The molecule has 0 spiro atoms. The van der Waals surface area contributed by atoms with Crippen molar-refractivity contribution in [1.82, 2.24) is 29.5 Å². The zero-order valence-electron chi connectivity index (χ0n) is 14.2. The minimum Gasteiger partial charge on any atom is -0.395 e. The summed E-state index contributed by atoms with van der Waals surface area (Å²) in [6, 6.07) is 5.82. The molecular formula is C18H17N7O. The number of aromatic nitrogens is 6. The van der Waals surface area contributed by atoms with Gasteiger partial charge in [0.25, 0.3) is 0 Å². The molecule has 0 aromatic carbocycles. The SMILES string of the molecule is Cc1ccc(-n2c(-c3cnc(NCCO)nc3)nc3ccncc32)nc1. The van der Waals surface area contributed by atoms with Gasteiger partial charge in [-0.25, -0.2) is 19.9 Å². The zero-order valence-corrected chi connectivity index (χ0v) is 14.2. The van der Waals surface area contributed by atoms with Gasteiger partial charge in [0.1, 0.15) is 11.6 Å². The predicted octanol–water partition coefficient (Wildman–Crippen LogP) is 1.99. The van der Waals surface area contributed by atoms with Crippen LogP contribution in [0.4, 0.5) is 5.95 Å². The number of aryl methyl sites for hydroxylation is 1. The lowest BCUT2D eigenvalue weighted by Crippen LogP contribution is -2.08. The summed E-state index contributed by atoms with van der Waals surface area (Å²) in [5, 5.41) is 11.8. The Bertz CT molecular complexity index is 1030. The lowest BCUT2D eigenvalue weighted by Gasteiger charge is -2.09. The van der Waals surface area contributed by atoms with Crippen molar-refractivity contribution in [2.75, 3.05) is 18.5 Å². The number of nitrogens with one attached hydrogen (secondary N) is 1. The Morgan fingerprint density at radius 3 is 2.62 bits per heavy atom. The number of hydrogen-bond acceptors (Lipinski definition) is 7. The Labute approximate surface area is 149 Å². The summed E-state index contributed by atoms with van der Waals surface area (Å²) >= 11 is 0. The standard InChI is InChI=1S/C18H17N7O/c1-12-2-3-16(21-8-12)25-15-11-19-5-4-14(15)24-17(25)13-9-22-18(23-10-13)20-6-7-26/h2-5,8-11,26H,6-7H2,1H3,(H,20,22,23). The van der Waals surface area contributed by atoms with Crippen LogP contribution in [0.3, 0.4) is 0 Å². The predicted molar refractivity (Wildman–Crippen MR) is 98.0 cm³/mol. The van der Waals surface area contributed by atoms with Gasteiger partial charge in [0.05, 0.1) is 29.4 Å². The van der Waals surface area contributed by atoms with Crippen molar-refractivity contribution in [3.63, 3.8) is 0 Å². The molecule has 0 radical (unpaired) electrons. The third kappa shape index (κ3) is 2.98. The normalized spacial score (nSPS) is 11.0. The molecular weight excluding hydrogens is 330 g/mol. The molecule has 0 unspecified atom stereocenters. The molecule has 8 nitrogen and oxygen atoms in total. The molecule has 0 bridgehead atoms. The highest BCUT2D eigenvalue weighted by Gasteiger charge is 2.16. The Hall–Kier alpha value is -3.39. The Morgan fingerprint density at radius 2 is 1.88 bits per heavy atom. The molecule has 0 saturated carbocycles. The van der Waals surface area contributed by atoms with Gasteiger partial charge in [-0.2, -0.15) is 0 Å². The van der Waals surface area contributed by atoms with Gasteiger partial charge in [0, 0.05) is 31.3 Å². The van der Waals surface area contributed by atoms with E-state index in [1.54, 1.807) is 24.8 Å². The average molecular weight is 347 g/mol. The summed E-state index contributed by atoms with van der Waals surface area (Å²) < 4.78 is 1.95. The monoisotopic (exact) mass is 347 g/mol. The fourth-order valence-electron chi connectivity index (χ4n) is 2.64. The fraction of sp³-hybridized carbons (Fsp3) is 0.167. The number of pyridine rings is 2. The number of rotatable bonds is 5. The third-order valence-corrected chi connectivity index (χ3v) is 3.89.